The molecule has 0 bridgehead atoms. The molecule has 1 atom stereocenters. The van der Waals surface area contributed by atoms with Crippen LogP contribution in [0.3, 0.4) is 0 Å². The van der Waals surface area contributed by atoms with Gasteiger partial charge in [-0.2, -0.15) is 11.8 Å². The Morgan fingerprint density at radius 2 is 2.38 bits per heavy atom. The smallest absolute Gasteiger partial charge is 0.0502 e. The molecule has 0 saturated heterocycles. The van der Waals surface area contributed by atoms with Gasteiger partial charge in [0.2, 0.25) is 0 Å². The van der Waals surface area contributed by atoms with Crippen LogP contribution in [-0.2, 0) is 5.75 Å². The van der Waals surface area contributed by atoms with E-state index in [1.165, 1.54) is 0 Å². The molecular weight excluding hydrogens is 180 g/mol. The quantitative estimate of drug-likeness (QED) is 0.782. The predicted octanol–water partition coefficient (Wildman–Crippen LogP) is 1.91. The average molecular weight is 196 g/mol. The van der Waals surface area contributed by atoms with Crippen LogP contribution in [0.5, 0.6) is 0 Å². The van der Waals surface area contributed by atoms with E-state index in [1.54, 1.807) is 0 Å². The number of hydrogen-bond acceptors (Lipinski definition) is 3. The van der Waals surface area contributed by atoms with Crippen molar-refractivity contribution < 1.29 is 0 Å². The van der Waals surface area contributed by atoms with Gasteiger partial charge in [0.1, 0.15) is 0 Å². The van der Waals surface area contributed by atoms with Crippen molar-refractivity contribution in [1.82, 2.24) is 4.98 Å². The predicted molar refractivity (Wildman–Crippen MR) is 58.6 cm³/mol. The third-order valence-electron chi connectivity index (χ3n) is 1.78. The van der Waals surface area contributed by atoms with E-state index < -0.39 is 0 Å². The first kappa shape index (κ1) is 10.5. The van der Waals surface area contributed by atoms with E-state index in [1.807, 2.05) is 30.1 Å². The van der Waals surface area contributed by atoms with E-state index in [-0.39, 0.29) is 0 Å². The van der Waals surface area contributed by atoms with Crippen LogP contribution in [0, 0.1) is 5.92 Å². The summed E-state index contributed by atoms with van der Waals surface area (Å²) in [5, 5.41) is 0. The fraction of sp³-hybridized carbons (Fsp3) is 0.500. The van der Waals surface area contributed by atoms with Gasteiger partial charge in [-0.1, -0.05) is 13.0 Å². The highest BCUT2D eigenvalue weighted by atomic mass is 32.2. The highest BCUT2D eigenvalue weighted by molar-refractivity contribution is 7.98. The summed E-state index contributed by atoms with van der Waals surface area (Å²) in [6.45, 7) is 2.95. The van der Waals surface area contributed by atoms with Crippen LogP contribution in [-0.4, -0.2) is 17.3 Å². The molecule has 0 aliphatic carbocycles. The summed E-state index contributed by atoms with van der Waals surface area (Å²) in [5.74, 6) is 2.71. The highest BCUT2D eigenvalue weighted by Crippen LogP contribution is 2.12. The Bertz CT molecular complexity index is 226. The van der Waals surface area contributed by atoms with E-state index >= 15 is 0 Å². The van der Waals surface area contributed by atoms with E-state index in [9.17, 15) is 0 Å². The molecule has 0 aliphatic rings. The van der Waals surface area contributed by atoms with Crippen molar-refractivity contribution in [3.05, 3.63) is 30.1 Å². The first-order chi connectivity index (χ1) is 6.33. The van der Waals surface area contributed by atoms with E-state index in [0.717, 1.165) is 23.7 Å². The number of hydrogen-bond donors (Lipinski definition) is 1. The number of aromatic nitrogens is 1. The van der Waals surface area contributed by atoms with Gasteiger partial charge >= 0.3 is 0 Å². The number of pyridine rings is 1. The van der Waals surface area contributed by atoms with E-state index in [2.05, 4.69) is 18.0 Å². The Labute approximate surface area is 83.9 Å². The normalized spacial score (nSPS) is 12.8. The van der Waals surface area contributed by atoms with Crippen molar-refractivity contribution >= 4 is 11.8 Å². The summed E-state index contributed by atoms with van der Waals surface area (Å²) in [7, 11) is 0. The minimum Gasteiger partial charge on any atom is -0.330 e. The van der Waals surface area contributed by atoms with Crippen molar-refractivity contribution in [3.63, 3.8) is 0 Å². The molecule has 0 radical (unpaired) electrons. The molecule has 2 N–H and O–H groups in total. The van der Waals surface area contributed by atoms with Crippen LogP contribution in [0.15, 0.2) is 24.4 Å². The van der Waals surface area contributed by atoms with Crippen LogP contribution in [0.2, 0.25) is 0 Å². The molecule has 13 heavy (non-hydrogen) atoms. The maximum atomic E-state index is 5.52. The highest BCUT2D eigenvalue weighted by Gasteiger charge is 1.99. The molecule has 0 spiro atoms. The molecule has 3 heteroatoms. The second-order valence-electron chi connectivity index (χ2n) is 3.18. The lowest BCUT2D eigenvalue weighted by molar-refractivity contribution is 0.675. The molecule has 1 aromatic heterocycles. The Morgan fingerprint density at radius 3 is 3.00 bits per heavy atom. The first-order valence-electron chi connectivity index (χ1n) is 4.50. The van der Waals surface area contributed by atoms with Crippen molar-refractivity contribution in [2.24, 2.45) is 11.7 Å². The van der Waals surface area contributed by atoms with Gasteiger partial charge in [-0.25, -0.2) is 0 Å². The van der Waals surface area contributed by atoms with Crippen LogP contribution in [0.1, 0.15) is 12.6 Å². The lowest BCUT2D eigenvalue weighted by Crippen LogP contribution is -2.12. The van der Waals surface area contributed by atoms with Gasteiger partial charge in [-0.05, 0) is 30.3 Å². The number of rotatable bonds is 5. The van der Waals surface area contributed by atoms with Gasteiger partial charge < -0.3 is 5.73 Å². The molecule has 1 heterocycles. The summed E-state index contributed by atoms with van der Waals surface area (Å²) in [4.78, 5) is 4.25. The molecule has 0 aromatic carbocycles. The van der Waals surface area contributed by atoms with Crippen LogP contribution in [0.25, 0.3) is 0 Å². The van der Waals surface area contributed by atoms with Gasteiger partial charge in [0.25, 0.3) is 0 Å². The zero-order chi connectivity index (χ0) is 9.52. The molecule has 1 aromatic rings. The van der Waals surface area contributed by atoms with Crippen molar-refractivity contribution in [3.8, 4) is 0 Å². The second kappa shape index (κ2) is 6.00. The Kier molecular flexibility index (Phi) is 4.86. The number of nitrogens with two attached hydrogens (primary N) is 1. The van der Waals surface area contributed by atoms with Crippen LogP contribution in [0.4, 0.5) is 0 Å². The number of thioether (sulfide) groups is 1. The molecule has 2 nitrogen and oxygen atoms in total. The first-order valence-corrected chi connectivity index (χ1v) is 5.66. The molecule has 0 fully saturated rings. The van der Waals surface area contributed by atoms with Gasteiger partial charge in [-0.15, -0.1) is 0 Å². The largest absolute Gasteiger partial charge is 0.330 e. The zero-order valence-corrected chi connectivity index (χ0v) is 8.76. The molecule has 72 valence electrons. The van der Waals surface area contributed by atoms with Crippen molar-refractivity contribution in [1.29, 1.82) is 0 Å². The second-order valence-corrected chi connectivity index (χ2v) is 4.21. The van der Waals surface area contributed by atoms with Crippen molar-refractivity contribution in [2.75, 3.05) is 12.3 Å². The standard InChI is InChI=1S/C10H16N2S/c1-9(6-11)7-13-8-10-4-2-3-5-12-10/h2-5,9H,6-8,11H2,1H3. The summed E-state index contributed by atoms with van der Waals surface area (Å²) < 4.78 is 0. The van der Waals surface area contributed by atoms with E-state index in [4.69, 9.17) is 5.73 Å². The minimum absolute atomic E-state index is 0.605. The average Bonchev–Trinajstić information content (AvgIpc) is 2.19. The Morgan fingerprint density at radius 1 is 1.54 bits per heavy atom. The summed E-state index contributed by atoms with van der Waals surface area (Å²) in [5.41, 5.74) is 6.67. The minimum atomic E-state index is 0.605. The zero-order valence-electron chi connectivity index (χ0n) is 7.94. The van der Waals surface area contributed by atoms with Gasteiger partial charge in [0.05, 0.1) is 5.69 Å². The molecule has 1 rings (SSSR count). The maximum Gasteiger partial charge on any atom is 0.0502 e. The number of nitrogens with zero attached hydrogens (tertiary/aromatic N) is 1. The van der Waals surface area contributed by atoms with Crippen LogP contribution < -0.4 is 5.73 Å². The fourth-order valence-corrected chi connectivity index (χ4v) is 1.95. The monoisotopic (exact) mass is 196 g/mol. The SMILES string of the molecule is CC(CN)CSCc1ccccn1. The Balaban J connectivity index is 2.20. The van der Waals surface area contributed by atoms with Gasteiger partial charge in [0, 0.05) is 11.9 Å². The lowest BCUT2D eigenvalue weighted by Gasteiger charge is -2.06. The molecule has 0 aliphatic heterocycles. The maximum absolute atomic E-state index is 5.52. The molecule has 1 unspecified atom stereocenters. The van der Waals surface area contributed by atoms with Gasteiger partial charge in [0.15, 0.2) is 0 Å². The Hall–Kier alpha value is -0.540. The lowest BCUT2D eigenvalue weighted by atomic mass is 10.2. The molecule has 0 saturated carbocycles. The van der Waals surface area contributed by atoms with Crippen molar-refractivity contribution in [2.45, 2.75) is 12.7 Å². The van der Waals surface area contributed by atoms with Crippen LogP contribution >= 0.6 is 11.8 Å². The summed E-state index contributed by atoms with van der Waals surface area (Å²) >= 11 is 1.90. The third-order valence-corrected chi connectivity index (χ3v) is 3.09. The van der Waals surface area contributed by atoms with E-state index in [0.29, 0.717) is 5.92 Å². The third kappa shape index (κ3) is 4.29. The molecule has 0 amide bonds. The summed E-state index contributed by atoms with van der Waals surface area (Å²) in [6.07, 6.45) is 1.84. The summed E-state index contributed by atoms with van der Waals surface area (Å²) in [6, 6.07) is 6.02. The fourth-order valence-electron chi connectivity index (χ4n) is 0.916. The topological polar surface area (TPSA) is 38.9 Å². The molecular formula is C10H16N2S. The van der Waals surface area contributed by atoms with Gasteiger partial charge in [-0.3, -0.25) is 4.98 Å².